The molecule has 0 saturated carbocycles. The minimum absolute atomic E-state index is 0.532. The summed E-state index contributed by atoms with van der Waals surface area (Å²) >= 11 is 7.59. The van der Waals surface area contributed by atoms with E-state index in [0.717, 1.165) is 10.2 Å². The summed E-state index contributed by atoms with van der Waals surface area (Å²) in [5.41, 5.74) is 0. The number of benzene rings is 1. The molecule has 0 amide bonds. The lowest BCUT2D eigenvalue weighted by molar-refractivity contribution is 0.468. The molecule has 3 rings (SSSR count). The first-order chi connectivity index (χ1) is 8.34. The van der Waals surface area contributed by atoms with E-state index in [2.05, 4.69) is 9.97 Å². The maximum absolute atomic E-state index is 6.03. The number of halogens is 1. The third kappa shape index (κ3) is 1.97. The van der Waals surface area contributed by atoms with Crippen LogP contribution in [0.15, 0.2) is 42.0 Å². The normalized spacial score (nSPS) is 10.6. The zero-order valence-corrected chi connectivity index (χ0v) is 10.2. The fourth-order valence-corrected chi connectivity index (χ4v) is 2.38. The second kappa shape index (κ2) is 4.31. The molecule has 0 unspecified atom stereocenters. The van der Waals surface area contributed by atoms with E-state index in [0.29, 0.717) is 16.7 Å². The van der Waals surface area contributed by atoms with E-state index in [-0.39, 0.29) is 0 Å². The summed E-state index contributed by atoms with van der Waals surface area (Å²) in [6.45, 7) is 0. The number of rotatable bonds is 2. The van der Waals surface area contributed by atoms with Gasteiger partial charge in [-0.05, 0) is 23.6 Å². The minimum atomic E-state index is 0.532. The lowest BCUT2D eigenvalue weighted by Crippen LogP contribution is -1.89. The van der Waals surface area contributed by atoms with Crippen molar-refractivity contribution in [2.45, 2.75) is 0 Å². The fraction of sp³-hybridized carbons (Fsp3) is 0. The van der Waals surface area contributed by atoms with E-state index < -0.39 is 0 Å². The minimum Gasteiger partial charge on any atom is -0.437 e. The molecule has 0 aliphatic rings. The monoisotopic (exact) mass is 262 g/mol. The highest BCUT2D eigenvalue weighted by molar-refractivity contribution is 7.16. The van der Waals surface area contributed by atoms with Crippen LogP contribution < -0.4 is 4.74 Å². The van der Waals surface area contributed by atoms with Crippen molar-refractivity contribution in [2.75, 3.05) is 0 Å². The van der Waals surface area contributed by atoms with E-state index in [9.17, 15) is 0 Å². The third-order valence-electron chi connectivity index (χ3n) is 2.27. The van der Waals surface area contributed by atoms with Crippen molar-refractivity contribution in [3.8, 4) is 11.6 Å². The van der Waals surface area contributed by atoms with Gasteiger partial charge in [-0.3, -0.25) is 0 Å². The van der Waals surface area contributed by atoms with Gasteiger partial charge in [-0.25, -0.2) is 9.97 Å². The van der Waals surface area contributed by atoms with Crippen LogP contribution in [-0.4, -0.2) is 9.97 Å². The van der Waals surface area contributed by atoms with Crippen molar-refractivity contribution >= 4 is 33.2 Å². The van der Waals surface area contributed by atoms with Crippen LogP contribution in [0.25, 0.3) is 10.2 Å². The van der Waals surface area contributed by atoms with Crippen LogP contribution in [0.2, 0.25) is 5.02 Å². The van der Waals surface area contributed by atoms with Crippen LogP contribution in [0.1, 0.15) is 0 Å². The Labute approximate surface area is 107 Å². The molecule has 2 aromatic heterocycles. The molecule has 0 radical (unpaired) electrons. The summed E-state index contributed by atoms with van der Waals surface area (Å²) in [4.78, 5) is 9.20. The molecule has 1 aromatic carbocycles. The van der Waals surface area contributed by atoms with Gasteiger partial charge in [0.25, 0.3) is 0 Å². The molecule has 0 saturated heterocycles. The Morgan fingerprint density at radius 3 is 2.88 bits per heavy atom. The van der Waals surface area contributed by atoms with E-state index in [1.54, 1.807) is 17.4 Å². The Bertz CT molecular complexity index is 668. The number of hydrogen-bond acceptors (Lipinski definition) is 4. The van der Waals surface area contributed by atoms with Crippen molar-refractivity contribution in [1.82, 2.24) is 9.97 Å². The molecule has 0 aliphatic carbocycles. The van der Waals surface area contributed by atoms with Crippen molar-refractivity contribution in [3.63, 3.8) is 0 Å². The number of ether oxygens (including phenoxy) is 1. The van der Waals surface area contributed by atoms with Gasteiger partial charge in [0, 0.05) is 0 Å². The standard InChI is InChI=1S/C12H7ClN2OS/c13-9-3-1-2-4-10(9)16-11-8-5-6-17-12(8)15-7-14-11/h1-7H. The highest BCUT2D eigenvalue weighted by Gasteiger charge is 2.08. The van der Waals surface area contributed by atoms with Gasteiger partial charge in [0.05, 0.1) is 10.4 Å². The lowest BCUT2D eigenvalue weighted by Gasteiger charge is -2.06. The van der Waals surface area contributed by atoms with Gasteiger partial charge in [0.2, 0.25) is 5.88 Å². The Morgan fingerprint density at radius 2 is 2.00 bits per heavy atom. The molecule has 84 valence electrons. The first-order valence-corrected chi connectivity index (χ1v) is 6.21. The maximum atomic E-state index is 6.03. The first-order valence-electron chi connectivity index (χ1n) is 4.95. The average molecular weight is 263 g/mol. The second-order valence-corrected chi connectivity index (χ2v) is 4.65. The molecule has 0 fully saturated rings. The summed E-state index contributed by atoms with van der Waals surface area (Å²) in [5, 5.41) is 3.42. The molecule has 17 heavy (non-hydrogen) atoms. The van der Waals surface area contributed by atoms with E-state index in [4.69, 9.17) is 16.3 Å². The molecule has 0 N–H and O–H groups in total. The van der Waals surface area contributed by atoms with E-state index in [1.165, 1.54) is 6.33 Å². The van der Waals surface area contributed by atoms with Gasteiger partial charge in [0.1, 0.15) is 16.9 Å². The molecular weight excluding hydrogens is 256 g/mol. The molecule has 3 nitrogen and oxygen atoms in total. The molecule has 0 atom stereocenters. The summed E-state index contributed by atoms with van der Waals surface area (Å²) in [6.07, 6.45) is 1.49. The topological polar surface area (TPSA) is 35.0 Å². The predicted molar refractivity (Wildman–Crippen MR) is 68.9 cm³/mol. The van der Waals surface area contributed by atoms with Crippen LogP contribution in [0, 0.1) is 0 Å². The third-order valence-corrected chi connectivity index (χ3v) is 3.40. The molecule has 0 spiro atoms. The largest absolute Gasteiger partial charge is 0.437 e. The van der Waals surface area contributed by atoms with Gasteiger partial charge in [0.15, 0.2) is 0 Å². The summed E-state index contributed by atoms with van der Waals surface area (Å²) < 4.78 is 5.70. The predicted octanol–water partition coefficient (Wildman–Crippen LogP) is 4.14. The summed E-state index contributed by atoms with van der Waals surface area (Å²) in [7, 11) is 0. The smallest absolute Gasteiger partial charge is 0.231 e. The van der Waals surface area contributed by atoms with Crippen molar-refractivity contribution in [2.24, 2.45) is 0 Å². The van der Waals surface area contributed by atoms with Gasteiger partial charge in [-0.15, -0.1) is 11.3 Å². The Hall–Kier alpha value is -1.65. The molecule has 2 heterocycles. The Balaban J connectivity index is 2.06. The average Bonchev–Trinajstić information content (AvgIpc) is 2.81. The van der Waals surface area contributed by atoms with Gasteiger partial charge in [-0.1, -0.05) is 23.7 Å². The van der Waals surface area contributed by atoms with Gasteiger partial charge < -0.3 is 4.74 Å². The van der Waals surface area contributed by atoms with Crippen LogP contribution in [0.3, 0.4) is 0 Å². The zero-order chi connectivity index (χ0) is 11.7. The van der Waals surface area contributed by atoms with Crippen LogP contribution in [0.4, 0.5) is 0 Å². The highest BCUT2D eigenvalue weighted by atomic mass is 35.5. The highest BCUT2D eigenvalue weighted by Crippen LogP contribution is 2.32. The van der Waals surface area contributed by atoms with Crippen LogP contribution in [-0.2, 0) is 0 Å². The number of aromatic nitrogens is 2. The number of fused-ring (bicyclic) bond motifs is 1. The molecule has 3 aromatic rings. The Morgan fingerprint density at radius 1 is 1.12 bits per heavy atom. The maximum Gasteiger partial charge on any atom is 0.231 e. The fourth-order valence-electron chi connectivity index (χ4n) is 1.48. The number of thiophene rings is 1. The van der Waals surface area contributed by atoms with Crippen LogP contribution >= 0.6 is 22.9 Å². The van der Waals surface area contributed by atoms with Gasteiger partial charge >= 0.3 is 0 Å². The van der Waals surface area contributed by atoms with Crippen molar-refractivity contribution in [1.29, 1.82) is 0 Å². The van der Waals surface area contributed by atoms with Crippen LogP contribution in [0.5, 0.6) is 11.6 Å². The molecule has 0 bridgehead atoms. The second-order valence-electron chi connectivity index (χ2n) is 3.35. The van der Waals surface area contributed by atoms with E-state index in [1.807, 2.05) is 29.6 Å². The quantitative estimate of drug-likeness (QED) is 0.696. The lowest BCUT2D eigenvalue weighted by atomic mass is 10.3. The first kappa shape index (κ1) is 10.5. The number of hydrogen-bond donors (Lipinski definition) is 0. The van der Waals surface area contributed by atoms with Crippen molar-refractivity contribution < 1.29 is 4.74 Å². The Kier molecular flexibility index (Phi) is 2.66. The summed E-state index contributed by atoms with van der Waals surface area (Å²) in [6, 6.07) is 9.25. The number of para-hydroxylation sites is 1. The molecular formula is C12H7ClN2OS. The molecule has 5 heteroatoms. The summed E-state index contributed by atoms with van der Waals surface area (Å²) in [5.74, 6) is 1.13. The van der Waals surface area contributed by atoms with Crippen molar-refractivity contribution in [3.05, 3.63) is 47.1 Å². The molecule has 0 aliphatic heterocycles. The van der Waals surface area contributed by atoms with E-state index >= 15 is 0 Å². The SMILES string of the molecule is Clc1ccccc1Oc1ncnc2sccc12. The zero-order valence-electron chi connectivity index (χ0n) is 8.63. The number of nitrogens with zero attached hydrogens (tertiary/aromatic N) is 2. The van der Waals surface area contributed by atoms with Gasteiger partial charge in [-0.2, -0.15) is 0 Å².